The van der Waals surface area contributed by atoms with Crippen molar-refractivity contribution in [3.63, 3.8) is 0 Å². The molecule has 7 nitrogen and oxygen atoms in total. The van der Waals surface area contributed by atoms with Crippen molar-refractivity contribution in [3.05, 3.63) is 82.6 Å². The maximum absolute atomic E-state index is 12.2. The molecule has 31 heavy (non-hydrogen) atoms. The van der Waals surface area contributed by atoms with E-state index in [4.69, 9.17) is 14.2 Å². The number of allylic oxidation sites excluding steroid dienone is 1. The van der Waals surface area contributed by atoms with Crippen LogP contribution in [0.25, 0.3) is 0 Å². The maximum Gasteiger partial charge on any atom is 0.342 e. The summed E-state index contributed by atoms with van der Waals surface area (Å²) in [5, 5.41) is 6.40. The Balaban J connectivity index is 1.46. The lowest BCUT2D eigenvalue weighted by molar-refractivity contribution is -0.135. The highest BCUT2D eigenvalue weighted by molar-refractivity contribution is 8.04. The van der Waals surface area contributed by atoms with Gasteiger partial charge in [0.15, 0.2) is 5.50 Å². The third kappa shape index (κ3) is 4.25. The molecule has 2 heterocycles. The molecule has 0 amide bonds. The Morgan fingerprint density at radius 3 is 2.55 bits per heavy atom. The number of hydrazone groups is 1. The summed E-state index contributed by atoms with van der Waals surface area (Å²) in [5.41, 5.74) is 3.21. The summed E-state index contributed by atoms with van der Waals surface area (Å²) in [7, 11) is 2.86. The molecule has 0 fully saturated rings. The Hall–Kier alpha value is -3.39. The fourth-order valence-electron chi connectivity index (χ4n) is 3.33. The summed E-state index contributed by atoms with van der Waals surface area (Å²) in [6.07, 6.45) is 3.20. The number of carbonyl (C=O) groups excluding carboxylic acids is 1. The Kier molecular flexibility index (Phi) is 6.18. The molecular formula is C23H23N3O4S. The second-order valence-electron chi connectivity index (χ2n) is 6.87. The summed E-state index contributed by atoms with van der Waals surface area (Å²) in [4.78, 5) is 15.0. The lowest BCUT2D eigenvalue weighted by Crippen LogP contribution is -2.33. The molecule has 1 unspecified atom stereocenters. The van der Waals surface area contributed by atoms with Gasteiger partial charge in [0.05, 0.1) is 26.2 Å². The number of benzene rings is 2. The molecule has 2 aromatic carbocycles. The van der Waals surface area contributed by atoms with Gasteiger partial charge in [0.25, 0.3) is 0 Å². The first kappa shape index (κ1) is 20.9. The zero-order valence-electron chi connectivity index (χ0n) is 17.5. The highest BCUT2D eigenvalue weighted by Gasteiger charge is 2.40. The van der Waals surface area contributed by atoms with Crippen LogP contribution < -0.4 is 9.64 Å². The number of methoxy groups -OCH3 is 2. The predicted molar refractivity (Wildman–Crippen MR) is 121 cm³/mol. The van der Waals surface area contributed by atoms with E-state index in [-0.39, 0.29) is 5.50 Å². The van der Waals surface area contributed by atoms with Gasteiger partial charge in [-0.3, -0.25) is 4.90 Å². The van der Waals surface area contributed by atoms with Crippen LogP contribution >= 0.6 is 11.8 Å². The van der Waals surface area contributed by atoms with Gasteiger partial charge in [-0.2, -0.15) is 5.10 Å². The van der Waals surface area contributed by atoms with Crippen molar-refractivity contribution in [2.45, 2.75) is 19.0 Å². The van der Waals surface area contributed by atoms with E-state index in [1.807, 2.05) is 71.4 Å². The minimum Gasteiger partial charge on any atom is -0.503 e. The number of esters is 1. The summed E-state index contributed by atoms with van der Waals surface area (Å²) >= 11 is 1.52. The first-order valence-electron chi connectivity index (χ1n) is 9.70. The minimum absolute atomic E-state index is 0.129. The summed E-state index contributed by atoms with van der Waals surface area (Å²) in [5.74, 6) is 0.353. The fraction of sp³-hybridized carbons (Fsp3) is 0.217. The average Bonchev–Trinajstić information content (AvgIpc) is 3.37. The number of anilines is 1. The van der Waals surface area contributed by atoms with E-state index >= 15 is 0 Å². The molecule has 1 atom stereocenters. The summed E-state index contributed by atoms with van der Waals surface area (Å²) in [6.45, 7) is 2.45. The second-order valence-corrected chi connectivity index (χ2v) is 7.93. The highest BCUT2D eigenvalue weighted by Crippen LogP contribution is 2.46. The van der Waals surface area contributed by atoms with E-state index in [0.717, 1.165) is 27.6 Å². The quantitative estimate of drug-likeness (QED) is 0.364. The van der Waals surface area contributed by atoms with Crippen molar-refractivity contribution < 1.29 is 19.0 Å². The van der Waals surface area contributed by atoms with E-state index < -0.39 is 5.97 Å². The molecule has 160 valence electrons. The van der Waals surface area contributed by atoms with Gasteiger partial charge in [0.2, 0.25) is 0 Å². The van der Waals surface area contributed by atoms with Crippen LogP contribution in [0.1, 0.15) is 12.5 Å². The lowest BCUT2D eigenvalue weighted by Gasteiger charge is -2.24. The van der Waals surface area contributed by atoms with Crippen LogP contribution in [0.4, 0.5) is 5.69 Å². The van der Waals surface area contributed by atoms with Crippen LogP contribution in [0.15, 0.2) is 82.1 Å². The molecule has 0 bridgehead atoms. The Labute approximate surface area is 185 Å². The minimum atomic E-state index is -0.444. The number of hydrogen-bond acceptors (Lipinski definition) is 8. The number of carbonyl (C=O) groups is 1. The van der Waals surface area contributed by atoms with Crippen molar-refractivity contribution in [2.75, 3.05) is 19.1 Å². The highest BCUT2D eigenvalue weighted by atomic mass is 32.2. The third-order valence-electron chi connectivity index (χ3n) is 4.91. The Bertz CT molecular complexity index is 1030. The van der Waals surface area contributed by atoms with Gasteiger partial charge in [0.1, 0.15) is 24.3 Å². The van der Waals surface area contributed by atoms with Crippen LogP contribution in [-0.4, -0.2) is 37.0 Å². The number of rotatable bonds is 7. The normalized spacial score (nSPS) is 17.8. The van der Waals surface area contributed by atoms with Gasteiger partial charge in [-0.05, 0) is 36.8 Å². The first-order valence-corrected chi connectivity index (χ1v) is 10.6. The molecule has 2 aliphatic rings. The number of ether oxygens (including phenoxy) is 3. The molecule has 0 saturated heterocycles. The first-order chi connectivity index (χ1) is 15.1. The van der Waals surface area contributed by atoms with Crippen LogP contribution in [0, 0.1) is 0 Å². The molecular weight excluding hydrogens is 414 g/mol. The standard InChI is InChI=1S/C23H23N3O4S/c1-16-21(20(14-28-2)22(27)29-3)31-23-25(15-24-26(16)23)18-9-11-19(12-10-18)30-13-17-7-5-4-6-8-17/h4-12,14-15,23H,13H2,1-3H3. The monoisotopic (exact) mass is 437 g/mol. The molecule has 0 saturated carbocycles. The molecule has 0 aliphatic carbocycles. The van der Waals surface area contributed by atoms with Gasteiger partial charge in [-0.15, -0.1) is 0 Å². The summed E-state index contributed by atoms with van der Waals surface area (Å²) < 4.78 is 15.9. The molecule has 0 N–H and O–H groups in total. The van der Waals surface area contributed by atoms with Gasteiger partial charge in [0, 0.05) is 10.6 Å². The molecule has 0 aromatic heterocycles. The van der Waals surface area contributed by atoms with Gasteiger partial charge in [-0.1, -0.05) is 42.1 Å². The number of hydrogen-bond donors (Lipinski definition) is 0. The smallest absolute Gasteiger partial charge is 0.342 e. The average molecular weight is 438 g/mol. The molecule has 2 aromatic rings. The van der Waals surface area contributed by atoms with Crippen LogP contribution in [0.3, 0.4) is 0 Å². The zero-order chi connectivity index (χ0) is 21.8. The fourth-order valence-corrected chi connectivity index (χ4v) is 4.66. The van der Waals surface area contributed by atoms with Crippen molar-refractivity contribution >= 4 is 29.8 Å². The van der Waals surface area contributed by atoms with Gasteiger partial charge in [-0.25, -0.2) is 9.80 Å². The van der Waals surface area contributed by atoms with E-state index in [0.29, 0.717) is 12.2 Å². The van der Waals surface area contributed by atoms with Crippen LogP contribution in [0.5, 0.6) is 5.75 Å². The SMILES string of the molecule is COC=C(C(=O)OC)C1=C(C)N2N=CN(c3ccc(OCc4ccccc4)cc3)C2S1. The predicted octanol–water partition coefficient (Wildman–Crippen LogP) is 4.30. The van der Waals surface area contributed by atoms with Gasteiger partial charge >= 0.3 is 5.97 Å². The second kappa shape index (κ2) is 9.18. The van der Waals surface area contributed by atoms with Crippen molar-refractivity contribution in [3.8, 4) is 5.75 Å². The number of thioether (sulfide) groups is 1. The van der Waals surface area contributed by atoms with Crippen molar-refractivity contribution in [1.29, 1.82) is 0 Å². The number of fused-ring (bicyclic) bond motifs is 1. The third-order valence-corrected chi connectivity index (χ3v) is 6.30. The lowest BCUT2D eigenvalue weighted by atomic mass is 10.2. The Morgan fingerprint density at radius 1 is 1.13 bits per heavy atom. The Morgan fingerprint density at radius 2 is 1.87 bits per heavy atom. The van der Waals surface area contributed by atoms with Crippen LogP contribution in [0.2, 0.25) is 0 Å². The molecule has 2 aliphatic heterocycles. The van der Waals surface area contributed by atoms with Crippen molar-refractivity contribution in [1.82, 2.24) is 5.01 Å². The van der Waals surface area contributed by atoms with Crippen LogP contribution in [-0.2, 0) is 20.9 Å². The molecule has 0 radical (unpaired) electrons. The molecule has 0 spiro atoms. The summed E-state index contributed by atoms with van der Waals surface area (Å²) in [6, 6.07) is 17.9. The number of nitrogens with zero attached hydrogens (tertiary/aromatic N) is 3. The van der Waals surface area contributed by atoms with E-state index in [1.165, 1.54) is 32.2 Å². The van der Waals surface area contributed by atoms with E-state index in [9.17, 15) is 4.79 Å². The van der Waals surface area contributed by atoms with E-state index in [2.05, 4.69) is 5.10 Å². The van der Waals surface area contributed by atoms with Gasteiger partial charge < -0.3 is 14.2 Å². The molecule has 4 rings (SSSR count). The molecule has 8 heteroatoms. The largest absolute Gasteiger partial charge is 0.503 e. The maximum atomic E-state index is 12.2. The van der Waals surface area contributed by atoms with Crippen molar-refractivity contribution in [2.24, 2.45) is 5.10 Å². The van der Waals surface area contributed by atoms with E-state index in [1.54, 1.807) is 6.34 Å². The topological polar surface area (TPSA) is 63.6 Å². The zero-order valence-corrected chi connectivity index (χ0v) is 18.3.